The average molecular weight is 415 g/mol. The van der Waals surface area contributed by atoms with Crippen LogP contribution in [0.1, 0.15) is 10.4 Å². The predicted octanol–water partition coefficient (Wildman–Crippen LogP) is 3.62. The average Bonchev–Trinajstić information content (AvgIpc) is 2.99. The molecule has 2 heterocycles. The van der Waals surface area contributed by atoms with Gasteiger partial charge in [-0.3, -0.25) is 4.57 Å². The molecule has 2 aromatic heterocycles. The predicted molar refractivity (Wildman–Crippen MR) is 100 cm³/mol. The number of aromatic carboxylic acids is 1. The number of aromatic nitrogens is 3. The Kier molecular flexibility index (Phi) is 4.74. The summed E-state index contributed by atoms with van der Waals surface area (Å²) in [6.07, 6.45) is 1.08. The lowest BCUT2D eigenvalue weighted by Gasteiger charge is -2.07. The zero-order chi connectivity index (χ0) is 21.4. The summed E-state index contributed by atoms with van der Waals surface area (Å²) in [6.45, 7) is -3.05. The molecule has 0 saturated heterocycles. The summed E-state index contributed by atoms with van der Waals surface area (Å²) < 4.78 is 45.2. The Labute approximate surface area is 166 Å². The molecule has 4 rings (SSSR count). The molecule has 0 fully saturated rings. The molecular formula is C20H12F3N3O4. The van der Waals surface area contributed by atoms with Gasteiger partial charge in [-0.25, -0.2) is 23.5 Å². The van der Waals surface area contributed by atoms with Crippen molar-refractivity contribution in [1.29, 1.82) is 0 Å². The van der Waals surface area contributed by atoms with Crippen LogP contribution in [0, 0.1) is 5.82 Å². The second-order valence-electron chi connectivity index (χ2n) is 6.18. The lowest BCUT2D eigenvalue weighted by Crippen LogP contribution is -2.22. The lowest BCUT2D eigenvalue weighted by molar-refractivity contribution is -0.0498. The number of carboxylic acids is 1. The van der Waals surface area contributed by atoms with Crippen LogP contribution in [0.4, 0.5) is 13.2 Å². The van der Waals surface area contributed by atoms with Crippen LogP contribution < -0.4 is 10.4 Å². The molecule has 0 amide bonds. The number of hydrogen-bond donors (Lipinski definition) is 1. The molecule has 152 valence electrons. The number of hydrogen-bond acceptors (Lipinski definition) is 4. The van der Waals surface area contributed by atoms with E-state index < -0.39 is 24.1 Å². The van der Waals surface area contributed by atoms with Crippen LogP contribution >= 0.6 is 0 Å². The number of pyridine rings is 1. The molecule has 0 unspecified atom stereocenters. The van der Waals surface area contributed by atoms with Crippen LogP contribution in [0.5, 0.6) is 5.75 Å². The fourth-order valence-corrected chi connectivity index (χ4v) is 3.06. The van der Waals surface area contributed by atoms with Gasteiger partial charge in [0.1, 0.15) is 11.6 Å². The van der Waals surface area contributed by atoms with E-state index in [1.54, 1.807) is 0 Å². The highest BCUT2D eigenvalue weighted by Crippen LogP contribution is 2.24. The van der Waals surface area contributed by atoms with Gasteiger partial charge in [0, 0.05) is 12.3 Å². The Bertz CT molecular complexity index is 1310. The van der Waals surface area contributed by atoms with Crippen molar-refractivity contribution in [3.8, 4) is 17.1 Å². The van der Waals surface area contributed by atoms with Crippen molar-refractivity contribution in [1.82, 2.24) is 14.1 Å². The number of imidazole rings is 1. The Morgan fingerprint density at radius 2 is 1.77 bits per heavy atom. The molecule has 0 aliphatic heterocycles. The first-order valence-corrected chi connectivity index (χ1v) is 8.53. The Hall–Kier alpha value is -4.08. The number of fused-ring (bicyclic) bond motifs is 1. The fourth-order valence-electron chi connectivity index (χ4n) is 3.06. The van der Waals surface area contributed by atoms with Crippen molar-refractivity contribution in [2.24, 2.45) is 0 Å². The number of ether oxygens (including phenoxy) is 1. The number of carboxylic acid groups (broad SMARTS) is 1. The maximum absolute atomic E-state index is 13.3. The molecular weight excluding hydrogens is 403 g/mol. The topological polar surface area (TPSA) is 86.4 Å². The van der Waals surface area contributed by atoms with Crippen molar-refractivity contribution in [3.05, 3.63) is 82.7 Å². The van der Waals surface area contributed by atoms with Gasteiger partial charge in [-0.2, -0.15) is 8.78 Å². The first kappa shape index (κ1) is 19.2. The van der Waals surface area contributed by atoms with Crippen LogP contribution in [-0.4, -0.2) is 31.8 Å². The van der Waals surface area contributed by atoms with Gasteiger partial charge in [0.15, 0.2) is 5.65 Å². The minimum atomic E-state index is -3.05. The van der Waals surface area contributed by atoms with Gasteiger partial charge in [0.05, 0.1) is 22.5 Å². The highest BCUT2D eigenvalue weighted by atomic mass is 19.3. The number of alkyl halides is 2. The number of benzene rings is 2. The van der Waals surface area contributed by atoms with Crippen molar-refractivity contribution >= 4 is 17.1 Å². The third kappa shape index (κ3) is 3.39. The zero-order valence-electron chi connectivity index (χ0n) is 15.0. The van der Waals surface area contributed by atoms with Crippen molar-refractivity contribution in [2.45, 2.75) is 6.61 Å². The maximum atomic E-state index is 13.3. The number of rotatable bonds is 5. The van der Waals surface area contributed by atoms with Crippen LogP contribution in [0.2, 0.25) is 0 Å². The summed E-state index contributed by atoms with van der Waals surface area (Å²) in [7, 11) is 0. The van der Waals surface area contributed by atoms with Crippen molar-refractivity contribution in [2.75, 3.05) is 0 Å². The maximum Gasteiger partial charge on any atom is 0.387 e. The lowest BCUT2D eigenvalue weighted by atomic mass is 10.2. The summed E-state index contributed by atoms with van der Waals surface area (Å²) in [5, 5.41) is 9.28. The van der Waals surface area contributed by atoms with Gasteiger partial charge >= 0.3 is 18.3 Å². The fraction of sp³-hybridized carbons (Fsp3) is 0.0500. The van der Waals surface area contributed by atoms with Gasteiger partial charge in [-0.05, 0) is 42.5 Å². The summed E-state index contributed by atoms with van der Waals surface area (Å²) in [5.74, 6) is -1.93. The highest BCUT2D eigenvalue weighted by molar-refractivity contribution is 5.91. The van der Waals surface area contributed by atoms with Crippen molar-refractivity contribution in [3.63, 3.8) is 0 Å². The molecule has 4 aromatic rings. The van der Waals surface area contributed by atoms with E-state index in [0.29, 0.717) is 0 Å². The molecule has 0 spiro atoms. The second kappa shape index (κ2) is 7.39. The number of carbonyl (C=O) groups is 1. The van der Waals surface area contributed by atoms with E-state index in [9.17, 15) is 27.9 Å². The molecule has 30 heavy (non-hydrogen) atoms. The molecule has 0 atom stereocenters. The standard InChI is InChI=1S/C20H12F3N3O4/c21-12-4-6-13(7-5-12)25-16-8-11(18(27)28)10-24-17(16)26(20(25)29)14-2-1-3-15(9-14)30-19(22)23/h1-10,19H,(H,27,28). The normalized spacial score (nSPS) is 11.2. The molecule has 0 saturated carbocycles. The zero-order valence-corrected chi connectivity index (χ0v) is 15.0. The van der Waals surface area contributed by atoms with E-state index in [1.165, 1.54) is 42.5 Å². The Morgan fingerprint density at radius 1 is 1.03 bits per heavy atom. The van der Waals surface area contributed by atoms with Gasteiger partial charge in [-0.15, -0.1) is 0 Å². The van der Waals surface area contributed by atoms with Gasteiger partial charge in [0.25, 0.3) is 0 Å². The van der Waals surface area contributed by atoms with Crippen molar-refractivity contribution < 1.29 is 27.8 Å². The minimum Gasteiger partial charge on any atom is -0.478 e. The van der Waals surface area contributed by atoms with E-state index in [-0.39, 0.29) is 33.9 Å². The molecule has 2 aromatic carbocycles. The van der Waals surface area contributed by atoms with E-state index in [2.05, 4.69) is 9.72 Å². The van der Waals surface area contributed by atoms with Crippen LogP contribution in [-0.2, 0) is 0 Å². The highest BCUT2D eigenvalue weighted by Gasteiger charge is 2.20. The third-order valence-corrected chi connectivity index (χ3v) is 4.32. The number of nitrogens with zero attached hydrogens (tertiary/aromatic N) is 3. The van der Waals surface area contributed by atoms with Crippen LogP contribution in [0.3, 0.4) is 0 Å². The molecule has 0 bridgehead atoms. The molecule has 7 nitrogen and oxygen atoms in total. The van der Waals surface area contributed by atoms with Gasteiger partial charge in [-0.1, -0.05) is 6.07 Å². The molecule has 10 heteroatoms. The monoisotopic (exact) mass is 415 g/mol. The first-order chi connectivity index (χ1) is 14.3. The van der Waals surface area contributed by atoms with E-state index >= 15 is 0 Å². The molecule has 0 radical (unpaired) electrons. The summed E-state index contributed by atoms with van der Waals surface area (Å²) in [5.41, 5.74) is -0.129. The third-order valence-electron chi connectivity index (χ3n) is 4.32. The first-order valence-electron chi connectivity index (χ1n) is 8.53. The SMILES string of the molecule is O=C(O)c1cnc2c(c1)n(-c1ccc(F)cc1)c(=O)n2-c1cccc(OC(F)F)c1. The summed E-state index contributed by atoms with van der Waals surface area (Å²) >= 11 is 0. The van der Waals surface area contributed by atoms with Crippen LogP contribution in [0.25, 0.3) is 22.5 Å². The summed E-state index contributed by atoms with van der Waals surface area (Å²) in [4.78, 5) is 28.7. The molecule has 1 N–H and O–H groups in total. The Balaban J connectivity index is 2.02. The molecule has 0 aliphatic carbocycles. The van der Waals surface area contributed by atoms with E-state index in [0.717, 1.165) is 27.5 Å². The van der Waals surface area contributed by atoms with Gasteiger partial charge < -0.3 is 9.84 Å². The smallest absolute Gasteiger partial charge is 0.387 e. The quantitative estimate of drug-likeness (QED) is 0.538. The van der Waals surface area contributed by atoms with Gasteiger partial charge in [0.2, 0.25) is 0 Å². The number of halogens is 3. The van der Waals surface area contributed by atoms with E-state index in [4.69, 9.17) is 0 Å². The molecule has 0 aliphatic rings. The van der Waals surface area contributed by atoms with Crippen LogP contribution in [0.15, 0.2) is 65.6 Å². The second-order valence-corrected chi connectivity index (χ2v) is 6.18. The van der Waals surface area contributed by atoms with E-state index in [1.807, 2.05) is 0 Å². The minimum absolute atomic E-state index is 0.0866. The summed E-state index contributed by atoms with van der Waals surface area (Å²) in [6, 6.07) is 11.7. The largest absolute Gasteiger partial charge is 0.478 e. The Morgan fingerprint density at radius 3 is 2.43 bits per heavy atom.